The third-order valence-corrected chi connectivity index (χ3v) is 6.42. The molecule has 6 nitrogen and oxygen atoms in total. The molecule has 3 heterocycles. The van der Waals surface area contributed by atoms with E-state index in [2.05, 4.69) is 68.6 Å². The average molecular weight is 423 g/mol. The van der Waals surface area contributed by atoms with Crippen LogP contribution in [0.15, 0.2) is 95.1 Å². The molecule has 32 heavy (non-hydrogen) atoms. The molecule has 1 saturated carbocycles. The van der Waals surface area contributed by atoms with Crippen LogP contribution in [0.5, 0.6) is 5.75 Å². The third kappa shape index (κ3) is 3.11. The van der Waals surface area contributed by atoms with E-state index < -0.39 is 0 Å². The maximum absolute atomic E-state index is 6.25. The van der Waals surface area contributed by atoms with E-state index in [1.54, 1.807) is 0 Å². The van der Waals surface area contributed by atoms with Gasteiger partial charge in [-0.1, -0.05) is 30.3 Å². The van der Waals surface area contributed by atoms with Crippen molar-refractivity contribution in [2.75, 3.05) is 5.01 Å². The molecular formula is C26H24N5O+. The highest BCUT2D eigenvalue weighted by Gasteiger charge is 2.46. The predicted octanol–water partition coefficient (Wildman–Crippen LogP) is 5.34. The maximum Gasteiger partial charge on any atom is 0.225 e. The molecular weight excluding hydrogens is 398 g/mol. The van der Waals surface area contributed by atoms with Gasteiger partial charge in [0.1, 0.15) is 12.4 Å². The van der Waals surface area contributed by atoms with Crippen molar-refractivity contribution in [2.24, 2.45) is 9.98 Å². The second-order valence-electron chi connectivity index (χ2n) is 8.34. The van der Waals surface area contributed by atoms with Crippen molar-refractivity contribution in [2.45, 2.75) is 31.9 Å². The molecule has 6 rings (SSSR count). The first-order valence-electron chi connectivity index (χ1n) is 11.0. The molecule has 0 radical (unpaired) electrons. The number of quaternary nitrogens is 1. The van der Waals surface area contributed by atoms with Gasteiger partial charge in [0.15, 0.2) is 6.20 Å². The van der Waals surface area contributed by atoms with Crippen LogP contribution >= 0.6 is 0 Å². The monoisotopic (exact) mass is 422 g/mol. The molecule has 0 amide bonds. The van der Waals surface area contributed by atoms with Crippen molar-refractivity contribution in [1.29, 1.82) is 0 Å². The number of rotatable bonds is 6. The van der Waals surface area contributed by atoms with E-state index >= 15 is 0 Å². The first kappa shape index (κ1) is 19.0. The lowest BCUT2D eigenvalue weighted by molar-refractivity contribution is -0.746. The number of nitrogens with zero attached hydrogens (tertiary/aromatic N) is 5. The number of aromatic nitrogens is 1. The number of para-hydroxylation sites is 1. The number of pyridine rings is 1. The van der Waals surface area contributed by atoms with Gasteiger partial charge >= 0.3 is 0 Å². The summed E-state index contributed by atoms with van der Waals surface area (Å²) in [4.78, 5) is 13.3. The van der Waals surface area contributed by atoms with Crippen molar-refractivity contribution in [1.82, 2.24) is 4.98 Å². The zero-order chi connectivity index (χ0) is 21.4. The zero-order valence-corrected chi connectivity index (χ0v) is 17.7. The Labute approximate surface area is 187 Å². The Balaban J connectivity index is 1.31. The molecule has 3 aliphatic rings. The molecule has 2 aromatic carbocycles. The number of hydrogen-bond acceptors (Lipinski definition) is 5. The van der Waals surface area contributed by atoms with Gasteiger partial charge < -0.3 is 4.74 Å². The second kappa shape index (κ2) is 7.73. The van der Waals surface area contributed by atoms with E-state index in [0.717, 1.165) is 33.6 Å². The van der Waals surface area contributed by atoms with Crippen molar-refractivity contribution in [3.63, 3.8) is 0 Å². The number of hydrogen-bond donors (Lipinski definition) is 0. The average Bonchev–Trinajstić information content (AvgIpc) is 3.25. The first-order chi connectivity index (χ1) is 15.8. The number of fused-ring (bicyclic) bond motifs is 2. The van der Waals surface area contributed by atoms with Gasteiger partial charge in [-0.3, -0.25) is 9.98 Å². The molecule has 0 N–H and O–H groups in total. The largest absolute Gasteiger partial charge is 0.489 e. The molecule has 2 aliphatic heterocycles. The molecule has 1 aliphatic carbocycles. The lowest BCUT2D eigenvalue weighted by atomic mass is 9.91. The molecule has 6 heteroatoms. The van der Waals surface area contributed by atoms with E-state index in [9.17, 15) is 0 Å². The molecule has 1 fully saturated rings. The summed E-state index contributed by atoms with van der Waals surface area (Å²) < 4.78 is 6.70. The van der Waals surface area contributed by atoms with Crippen LogP contribution in [0.1, 0.15) is 24.8 Å². The van der Waals surface area contributed by atoms with Gasteiger partial charge in [0.2, 0.25) is 12.0 Å². The number of anilines is 1. The molecule has 1 atom stereocenters. The quantitative estimate of drug-likeness (QED) is 0.504. The number of ether oxygens (including phenoxy) is 1. The van der Waals surface area contributed by atoms with Crippen LogP contribution in [-0.2, 0) is 6.61 Å². The fourth-order valence-electron chi connectivity index (χ4n) is 4.60. The van der Waals surface area contributed by atoms with Crippen molar-refractivity contribution < 1.29 is 9.33 Å². The highest BCUT2D eigenvalue weighted by atomic mass is 16.5. The predicted molar refractivity (Wildman–Crippen MR) is 127 cm³/mol. The molecule has 0 saturated heterocycles. The summed E-state index contributed by atoms with van der Waals surface area (Å²) >= 11 is 0. The van der Waals surface area contributed by atoms with Gasteiger partial charge in [0.25, 0.3) is 0 Å². The van der Waals surface area contributed by atoms with E-state index in [1.165, 1.54) is 19.3 Å². The van der Waals surface area contributed by atoms with E-state index in [0.29, 0.717) is 17.2 Å². The van der Waals surface area contributed by atoms with Crippen LogP contribution in [0.2, 0.25) is 0 Å². The molecule has 3 aromatic rings. The van der Waals surface area contributed by atoms with Gasteiger partial charge in [-0.25, -0.2) is 10.0 Å². The Hall–Kier alpha value is -3.77. The molecule has 1 aromatic heterocycles. The Morgan fingerprint density at radius 2 is 1.94 bits per heavy atom. The Morgan fingerprint density at radius 1 is 1.03 bits per heavy atom. The van der Waals surface area contributed by atoms with E-state index in [4.69, 9.17) is 4.74 Å². The highest BCUT2D eigenvalue weighted by Crippen LogP contribution is 2.40. The van der Waals surface area contributed by atoms with Gasteiger partial charge in [-0.05, 0) is 37.5 Å². The number of benzene rings is 2. The summed E-state index contributed by atoms with van der Waals surface area (Å²) in [6, 6.07) is 19.1. The second-order valence-corrected chi connectivity index (χ2v) is 8.34. The minimum absolute atomic E-state index is 0.441. The Bertz CT molecular complexity index is 1280. The molecule has 158 valence electrons. The van der Waals surface area contributed by atoms with Crippen LogP contribution in [-0.4, -0.2) is 28.2 Å². The first-order valence-corrected chi connectivity index (χ1v) is 11.0. The summed E-state index contributed by atoms with van der Waals surface area (Å²) in [5, 5.41) is 3.56. The van der Waals surface area contributed by atoms with Crippen molar-refractivity contribution in [3.05, 3.63) is 90.7 Å². The van der Waals surface area contributed by atoms with Crippen LogP contribution in [0, 0.1) is 0 Å². The van der Waals surface area contributed by atoms with Crippen LogP contribution in [0.25, 0.3) is 10.9 Å². The topological polar surface area (TPSA) is 50.1 Å². The number of allylic oxidation sites excluding steroid dienone is 1. The number of aliphatic imine (C=N–C) groups is 2. The van der Waals surface area contributed by atoms with Gasteiger partial charge in [0, 0.05) is 23.2 Å². The zero-order valence-electron chi connectivity index (χ0n) is 17.7. The SMILES string of the molecule is C1=C[N+]2(N(c3cccc(OCc4cccc5cccnc45)c3)C3CCC3)C=NC=C2C=N1. The summed E-state index contributed by atoms with van der Waals surface area (Å²) in [6.45, 7) is 0.473. The van der Waals surface area contributed by atoms with Crippen LogP contribution in [0.3, 0.4) is 0 Å². The van der Waals surface area contributed by atoms with Crippen LogP contribution < -0.4 is 9.75 Å². The normalized spacial score (nSPS) is 21.3. The highest BCUT2D eigenvalue weighted by molar-refractivity contribution is 5.83. The lowest BCUT2D eigenvalue weighted by Crippen LogP contribution is -2.61. The minimum atomic E-state index is 0.441. The Morgan fingerprint density at radius 3 is 2.84 bits per heavy atom. The summed E-state index contributed by atoms with van der Waals surface area (Å²) in [7, 11) is 0. The smallest absolute Gasteiger partial charge is 0.225 e. The molecule has 1 unspecified atom stereocenters. The summed E-state index contributed by atoms with van der Waals surface area (Å²) in [5.74, 6) is 0.842. The fourth-order valence-corrected chi connectivity index (χ4v) is 4.60. The van der Waals surface area contributed by atoms with Gasteiger partial charge in [-0.2, -0.15) is 0 Å². The van der Waals surface area contributed by atoms with Crippen LogP contribution in [0.4, 0.5) is 5.69 Å². The maximum atomic E-state index is 6.25. The Kier molecular flexibility index (Phi) is 4.58. The van der Waals surface area contributed by atoms with E-state index in [-0.39, 0.29) is 0 Å². The van der Waals surface area contributed by atoms with Crippen molar-refractivity contribution >= 4 is 29.1 Å². The standard InChI is InChI=1S/C26H24N5O/c1-5-20-7-4-12-29-26(20)21(6-1)18-32-25-11-3-10-23(15-25)30(22-8-2-9-22)31-14-13-27-16-24(31)17-28-19-31/h1,3-7,10-17,19,22H,2,8-9,18H2/q+1. The van der Waals surface area contributed by atoms with Gasteiger partial charge in [-0.15, -0.1) is 4.59 Å². The molecule has 0 bridgehead atoms. The summed E-state index contributed by atoms with van der Waals surface area (Å²) in [5.41, 5.74) is 4.23. The molecule has 0 spiro atoms. The van der Waals surface area contributed by atoms with E-state index in [1.807, 2.05) is 43.3 Å². The lowest BCUT2D eigenvalue weighted by Gasteiger charge is -2.46. The third-order valence-electron chi connectivity index (χ3n) is 6.42. The minimum Gasteiger partial charge on any atom is -0.489 e. The van der Waals surface area contributed by atoms with Crippen molar-refractivity contribution in [3.8, 4) is 5.75 Å². The van der Waals surface area contributed by atoms with Gasteiger partial charge in [0.05, 0.1) is 35.9 Å². The summed E-state index contributed by atoms with van der Waals surface area (Å²) in [6.07, 6.45) is 15.1. The fraction of sp³-hybridized carbons (Fsp3) is 0.192.